The molecule has 0 bridgehead atoms. The summed E-state index contributed by atoms with van der Waals surface area (Å²) in [6.07, 6.45) is 8.89. The molecule has 158 valence electrons. The molecular formula is C23H22N4O2S2. The van der Waals surface area contributed by atoms with Crippen LogP contribution in [0, 0.1) is 0 Å². The van der Waals surface area contributed by atoms with Crippen LogP contribution in [0.15, 0.2) is 52.3 Å². The molecule has 3 heterocycles. The number of nitrogens with zero attached hydrogens (tertiary/aromatic N) is 3. The molecule has 0 saturated heterocycles. The first kappa shape index (κ1) is 20.2. The molecule has 1 amide bonds. The van der Waals surface area contributed by atoms with Gasteiger partial charge < -0.3 is 9.73 Å². The maximum atomic E-state index is 13.0. The first-order valence-electron chi connectivity index (χ1n) is 10.4. The van der Waals surface area contributed by atoms with Crippen molar-refractivity contribution in [2.45, 2.75) is 43.0 Å². The van der Waals surface area contributed by atoms with E-state index in [1.165, 1.54) is 35.2 Å². The monoisotopic (exact) mass is 450 g/mol. The molecule has 8 heteroatoms. The minimum Gasteiger partial charge on any atom is -0.451 e. The van der Waals surface area contributed by atoms with Gasteiger partial charge in [-0.15, -0.1) is 11.3 Å². The Labute approximate surface area is 188 Å². The summed E-state index contributed by atoms with van der Waals surface area (Å²) in [6, 6.07) is 9.53. The number of aromatic nitrogens is 3. The zero-order valence-corrected chi connectivity index (χ0v) is 18.6. The maximum absolute atomic E-state index is 13.0. The van der Waals surface area contributed by atoms with E-state index in [4.69, 9.17) is 9.40 Å². The van der Waals surface area contributed by atoms with Gasteiger partial charge in [0.2, 0.25) is 0 Å². The quantitative estimate of drug-likeness (QED) is 0.321. The van der Waals surface area contributed by atoms with Crippen LogP contribution < -0.4 is 5.32 Å². The van der Waals surface area contributed by atoms with Gasteiger partial charge in [-0.3, -0.25) is 4.79 Å². The lowest BCUT2D eigenvalue weighted by atomic mass is 10.0. The summed E-state index contributed by atoms with van der Waals surface area (Å²) >= 11 is 3.28. The fourth-order valence-corrected chi connectivity index (χ4v) is 5.78. The van der Waals surface area contributed by atoms with Crippen molar-refractivity contribution in [3.8, 4) is 0 Å². The number of aryl methyl sites for hydroxylation is 2. The Balaban J connectivity index is 1.29. The van der Waals surface area contributed by atoms with Crippen molar-refractivity contribution in [1.82, 2.24) is 20.3 Å². The van der Waals surface area contributed by atoms with Gasteiger partial charge in [0.1, 0.15) is 5.58 Å². The van der Waals surface area contributed by atoms with Gasteiger partial charge in [-0.2, -0.15) is 0 Å². The van der Waals surface area contributed by atoms with Crippen molar-refractivity contribution in [2.24, 2.45) is 0 Å². The molecule has 1 N–H and O–H groups in total. The summed E-state index contributed by atoms with van der Waals surface area (Å²) in [4.78, 5) is 27.7. The van der Waals surface area contributed by atoms with E-state index in [0.29, 0.717) is 28.8 Å². The van der Waals surface area contributed by atoms with Crippen molar-refractivity contribution in [3.63, 3.8) is 0 Å². The number of nitrogens with one attached hydrogen (secondary N) is 1. The van der Waals surface area contributed by atoms with E-state index >= 15 is 0 Å². The molecule has 0 aliphatic heterocycles. The highest BCUT2D eigenvalue weighted by atomic mass is 32.2. The summed E-state index contributed by atoms with van der Waals surface area (Å²) in [6.45, 7) is 0.538. The molecule has 1 aliphatic rings. The van der Waals surface area contributed by atoms with Crippen molar-refractivity contribution >= 4 is 40.0 Å². The minimum atomic E-state index is -0.193. The summed E-state index contributed by atoms with van der Waals surface area (Å²) in [5.41, 5.74) is 2.84. The molecule has 0 spiro atoms. The zero-order valence-electron chi connectivity index (χ0n) is 17.0. The second-order valence-electron chi connectivity index (χ2n) is 7.42. The number of carbonyl (C=O) groups is 1. The number of thiazole rings is 1. The predicted octanol–water partition coefficient (Wildman–Crippen LogP) is 4.82. The van der Waals surface area contributed by atoms with Gasteiger partial charge in [-0.25, -0.2) is 15.0 Å². The van der Waals surface area contributed by atoms with Crippen molar-refractivity contribution in [1.29, 1.82) is 0 Å². The molecule has 1 aliphatic carbocycles. The number of rotatable bonds is 7. The Morgan fingerprint density at radius 2 is 1.97 bits per heavy atom. The fourth-order valence-electron chi connectivity index (χ4n) is 3.80. The molecule has 31 heavy (non-hydrogen) atoms. The normalized spacial score (nSPS) is 13.3. The van der Waals surface area contributed by atoms with E-state index in [1.807, 2.05) is 24.3 Å². The largest absolute Gasteiger partial charge is 0.451 e. The van der Waals surface area contributed by atoms with E-state index in [0.717, 1.165) is 35.2 Å². The molecule has 0 saturated carbocycles. The second-order valence-corrected chi connectivity index (χ2v) is 9.53. The Morgan fingerprint density at radius 1 is 1.13 bits per heavy atom. The highest BCUT2D eigenvalue weighted by Gasteiger charge is 2.21. The van der Waals surface area contributed by atoms with Gasteiger partial charge in [0.15, 0.2) is 10.9 Å². The third-order valence-corrected chi connectivity index (χ3v) is 7.43. The van der Waals surface area contributed by atoms with Gasteiger partial charge in [0.25, 0.3) is 5.91 Å². The maximum Gasteiger partial charge on any atom is 0.287 e. The second kappa shape index (κ2) is 9.20. The standard InChI is InChI=1S/C23H22N4O2S2/c28-22(24-13-10-20-27-17-7-2-4-9-19(17)31-20)21-16(14-30-23-25-11-5-12-26-23)15-6-1-3-8-18(15)29-21/h1,3,5-6,8,11-12H,2,4,7,9-10,13-14H2,(H,24,28). The zero-order chi connectivity index (χ0) is 21.0. The van der Waals surface area contributed by atoms with Crippen LogP contribution in [0.4, 0.5) is 0 Å². The summed E-state index contributed by atoms with van der Waals surface area (Å²) < 4.78 is 5.94. The summed E-state index contributed by atoms with van der Waals surface area (Å²) in [7, 11) is 0. The van der Waals surface area contributed by atoms with Gasteiger partial charge in [-0.1, -0.05) is 30.0 Å². The average molecular weight is 451 g/mol. The number of thioether (sulfide) groups is 1. The van der Waals surface area contributed by atoms with Gasteiger partial charge >= 0.3 is 0 Å². The van der Waals surface area contributed by atoms with Crippen molar-refractivity contribution < 1.29 is 9.21 Å². The molecule has 6 nitrogen and oxygen atoms in total. The minimum absolute atomic E-state index is 0.193. The van der Waals surface area contributed by atoms with Crippen LogP contribution >= 0.6 is 23.1 Å². The van der Waals surface area contributed by atoms with Gasteiger partial charge in [-0.05, 0) is 37.8 Å². The van der Waals surface area contributed by atoms with Gasteiger partial charge in [0, 0.05) is 46.9 Å². The van der Waals surface area contributed by atoms with Crippen LogP contribution in [0.3, 0.4) is 0 Å². The highest BCUT2D eigenvalue weighted by Crippen LogP contribution is 2.31. The molecule has 1 aromatic carbocycles. The number of furan rings is 1. The first-order valence-corrected chi connectivity index (χ1v) is 12.2. The van der Waals surface area contributed by atoms with Crippen LogP contribution in [0.1, 0.15) is 44.5 Å². The van der Waals surface area contributed by atoms with Crippen LogP contribution in [0.25, 0.3) is 11.0 Å². The lowest BCUT2D eigenvalue weighted by Gasteiger charge is -2.06. The number of hydrogen-bond acceptors (Lipinski definition) is 7. The van der Waals surface area contributed by atoms with E-state index in [9.17, 15) is 4.79 Å². The third kappa shape index (κ3) is 4.50. The summed E-state index contributed by atoms with van der Waals surface area (Å²) in [5.74, 6) is 0.730. The van der Waals surface area contributed by atoms with E-state index in [2.05, 4.69) is 15.3 Å². The van der Waals surface area contributed by atoms with Crippen LogP contribution in [-0.2, 0) is 25.0 Å². The van der Waals surface area contributed by atoms with Crippen molar-refractivity contribution in [2.75, 3.05) is 6.54 Å². The molecular weight excluding hydrogens is 428 g/mol. The lowest BCUT2D eigenvalue weighted by molar-refractivity contribution is 0.0927. The first-order chi connectivity index (χ1) is 15.3. The predicted molar refractivity (Wildman–Crippen MR) is 123 cm³/mol. The Morgan fingerprint density at radius 3 is 2.84 bits per heavy atom. The van der Waals surface area contributed by atoms with E-state index < -0.39 is 0 Å². The lowest BCUT2D eigenvalue weighted by Crippen LogP contribution is -2.26. The Bertz CT molecular complexity index is 1180. The average Bonchev–Trinajstić information content (AvgIpc) is 3.39. The van der Waals surface area contributed by atoms with E-state index in [-0.39, 0.29) is 5.91 Å². The van der Waals surface area contributed by atoms with Crippen molar-refractivity contribution in [3.05, 3.63) is 69.6 Å². The number of carbonyl (C=O) groups excluding carboxylic acids is 1. The Hall–Kier alpha value is -2.71. The fraction of sp³-hybridized carbons (Fsp3) is 0.304. The highest BCUT2D eigenvalue weighted by molar-refractivity contribution is 7.98. The van der Waals surface area contributed by atoms with Gasteiger partial charge in [0.05, 0.1) is 10.7 Å². The number of amides is 1. The van der Waals surface area contributed by atoms with E-state index in [1.54, 1.807) is 29.8 Å². The molecule has 0 fully saturated rings. The SMILES string of the molecule is O=C(NCCc1nc2c(s1)CCCC2)c1oc2ccccc2c1CSc1ncccn1. The summed E-state index contributed by atoms with van der Waals surface area (Å²) in [5, 5.41) is 5.75. The molecule has 4 aromatic rings. The Kier molecular flexibility index (Phi) is 5.99. The number of hydrogen-bond donors (Lipinski definition) is 1. The number of fused-ring (bicyclic) bond motifs is 2. The molecule has 3 aromatic heterocycles. The molecule has 0 atom stereocenters. The topological polar surface area (TPSA) is 80.9 Å². The van der Waals surface area contributed by atoms with Crippen LogP contribution in [0.5, 0.6) is 0 Å². The number of benzene rings is 1. The molecule has 0 unspecified atom stereocenters. The number of para-hydroxylation sites is 1. The molecule has 0 radical (unpaired) electrons. The third-order valence-electron chi connectivity index (χ3n) is 5.31. The molecule has 5 rings (SSSR count). The smallest absolute Gasteiger partial charge is 0.287 e. The van der Waals surface area contributed by atoms with Crippen LogP contribution in [-0.4, -0.2) is 27.4 Å². The van der Waals surface area contributed by atoms with Crippen LogP contribution in [0.2, 0.25) is 0 Å².